The molecule has 1 amide bonds. The summed E-state index contributed by atoms with van der Waals surface area (Å²) in [5, 5.41) is 2.71. The summed E-state index contributed by atoms with van der Waals surface area (Å²) in [6, 6.07) is 11.5. The first-order chi connectivity index (χ1) is 15.3. The average molecular weight is 489 g/mol. The second kappa shape index (κ2) is 12.6. The number of benzene rings is 2. The number of hydrogen-bond acceptors (Lipinski definition) is 6. The summed E-state index contributed by atoms with van der Waals surface area (Å²) in [6.45, 7) is -2.81. The fourth-order valence-corrected chi connectivity index (χ4v) is 4.57. The minimum atomic E-state index is -3.86. The summed E-state index contributed by atoms with van der Waals surface area (Å²) in [4.78, 5) is 12.7. The maximum atomic E-state index is 12.7. The van der Waals surface area contributed by atoms with Crippen LogP contribution >= 0.6 is 11.8 Å². The fourth-order valence-electron chi connectivity index (χ4n) is 2.85. The van der Waals surface area contributed by atoms with Crippen molar-refractivity contribution >= 4 is 27.7 Å². The third-order valence-electron chi connectivity index (χ3n) is 4.44. The van der Waals surface area contributed by atoms with Crippen molar-refractivity contribution in [2.75, 3.05) is 25.7 Å². The molecule has 1 atom stereocenters. The number of carbonyl (C=O) groups is 1. The smallest absolute Gasteiger partial charge is 0.387 e. The van der Waals surface area contributed by atoms with Gasteiger partial charge in [-0.3, -0.25) is 4.79 Å². The van der Waals surface area contributed by atoms with E-state index < -0.39 is 28.6 Å². The molecule has 0 radical (unpaired) electrons. The van der Waals surface area contributed by atoms with Crippen LogP contribution in [0.1, 0.15) is 12.0 Å². The maximum absolute atomic E-state index is 12.7. The SMILES string of the molecule is COc1ccc(CCNC(=O)C(CCSC)NS(=O)(=O)c2ccccc2)cc1OC(F)F. The van der Waals surface area contributed by atoms with Crippen LogP contribution in [0.2, 0.25) is 0 Å². The van der Waals surface area contributed by atoms with E-state index in [4.69, 9.17) is 4.74 Å². The van der Waals surface area contributed by atoms with Gasteiger partial charge < -0.3 is 14.8 Å². The third kappa shape index (κ3) is 7.95. The Morgan fingerprint density at radius 1 is 1.12 bits per heavy atom. The van der Waals surface area contributed by atoms with Crippen molar-refractivity contribution in [3.8, 4) is 11.5 Å². The normalized spacial score (nSPS) is 12.4. The molecule has 11 heteroatoms. The van der Waals surface area contributed by atoms with Gasteiger partial charge in [0.1, 0.15) is 6.04 Å². The fraction of sp³-hybridized carbons (Fsp3) is 0.381. The monoisotopic (exact) mass is 488 g/mol. The molecule has 0 bridgehead atoms. The first-order valence-electron chi connectivity index (χ1n) is 9.72. The number of methoxy groups -OCH3 is 1. The summed E-state index contributed by atoms with van der Waals surface area (Å²) < 4.78 is 62.3. The highest BCUT2D eigenvalue weighted by Crippen LogP contribution is 2.29. The Morgan fingerprint density at radius 2 is 1.84 bits per heavy atom. The average Bonchev–Trinajstić information content (AvgIpc) is 2.77. The summed E-state index contributed by atoms with van der Waals surface area (Å²) >= 11 is 1.50. The lowest BCUT2D eigenvalue weighted by Crippen LogP contribution is -2.47. The van der Waals surface area contributed by atoms with Gasteiger partial charge >= 0.3 is 6.61 Å². The zero-order chi connectivity index (χ0) is 23.6. The molecule has 1 unspecified atom stereocenters. The molecule has 2 N–H and O–H groups in total. The molecule has 0 aliphatic rings. The number of halogens is 2. The van der Waals surface area contributed by atoms with E-state index in [1.165, 1.54) is 43.1 Å². The van der Waals surface area contributed by atoms with Crippen LogP contribution in [0.3, 0.4) is 0 Å². The Hall–Kier alpha value is -2.37. The molecule has 0 heterocycles. The van der Waals surface area contributed by atoms with Gasteiger partial charge in [-0.05, 0) is 54.7 Å². The largest absolute Gasteiger partial charge is 0.493 e. The van der Waals surface area contributed by atoms with Crippen molar-refractivity contribution in [3.05, 3.63) is 54.1 Å². The third-order valence-corrected chi connectivity index (χ3v) is 6.57. The molecule has 0 fully saturated rings. The first kappa shape index (κ1) is 25.9. The molecule has 7 nitrogen and oxygen atoms in total. The molecule has 0 saturated carbocycles. The number of hydrogen-bond donors (Lipinski definition) is 2. The van der Waals surface area contributed by atoms with Gasteiger partial charge in [-0.25, -0.2) is 8.42 Å². The standard InChI is InChI=1S/C21H26F2N2O5S2/c1-29-18-9-8-15(14-19(18)30-21(22)23)10-12-24-20(26)17(11-13-31-2)25-32(27,28)16-6-4-3-5-7-16/h3-9,14,17,21,25H,10-13H2,1-2H3,(H,24,26). The summed E-state index contributed by atoms with van der Waals surface area (Å²) in [7, 11) is -2.51. The molecule has 0 aromatic heterocycles. The highest BCUT2D eigenvalue weighted by molar-refractivity contribution is 7.98. The Bertz CT molecular complexity index is 975. The molecular weight excluding hydrogens is 462 g/mol. The lowest BCUT2D eigenvalue weighted by molar-refractivity contribution is -0.122. The van der Waals surface area contributed by atoms with E-state index in [9.17, 15) is 22.0 Å². The van der Waals surface area contributed by atoms with Gasteiger partial charge in [0.05, 0.1) is 12.0 Å². The van der Waals surface area contributed by atoms with Gasteiger partial charge in [-0.2, -0.15) is 25.3 Å². The van der Waals surface area contributed by atoms with Gasteiger partial charge in [-0.15, -0.1) is 0 Å². The topological polar surface area (TPSA) is 93.7 Å². The lowest BCUT2D eigenvalue weighted by atomic mass is 10.1. The van der Waals surface area contributed by atoms with Gasteiger partial charge in [-0.1, -0.05) is 24.3 Å². The number of sulfonamides is 1. The van der Waals surface area contributed by atoms with Gasteiger partial charge in [0.15, 0.2) is 11.5 Å². The number of carbonyl (C=O) groups excluding carboxylic acids is 1. The Morgan fingerprint density at radius 3 is 2.47 bits per heavy atom. The van der Waals surface area contributed by atoms with Crippen molar-refractivity contribution in [3.63, 3.8) is 0 Å². The second-order valence-corrected chi connectivity index (χ2v) is 9.37. The van der Waals surface area contributed by atoms with Crippen LogP contribution < -0.4 is 19.5 Å². The zero-order valence-corrected chi connectivity index (χ0v) is 19.3. The van der Waals surface area contributed by atoms with E-state index in [1.54, 1.807) is 24.3 Å². The molecule has 2 aromatic carbocycles. The van der Waals surface area contributed by atoms with E-state index in [0.29, 0.717) is 24.2 Å². The Labute approximate surface area is 190 Å². The van der Waals surface area contributed by atoms with Crippen LogP contribution in [-0.4, -0.2) is 52.6 Å². The molecule has 0 saturated heterocycles. The lowest BCUT2D eigenvalue weighted by Gasteiger charge is -2.18. The van der Waals surface area contributed by atoms with Crippen molar-refractivity contribution in [1.82, 2.24) is 10.0 Å². The van der Waals surface area contributed by atoms with Crippen molar-refractivity contribution < 1.29 is 31.5 Å². The molecule has 2 rings (SSSR count). The molecular formula is C21H26F2N2O5S2. The van der Waals surface area contributed by atoms with Crippen LogP contribution in [0.25, 0.3) is 0 Å². The quantitative estimate of drug-likeness (QED) is 0.450. The molecule has 0 aliphatic carbocycles. The minimum Gasteiger partial charge on any atom is -0.493 e. The molecule has 0 aliphatic heterocycles. The van der Waals surface area contributed by atoms with Gasteiger partial charge in [0, 0.05) is 6.54 Å². The molecule has 176 valence electrons. The van der Waals surface area contributed by atoms with Crippen molar-refractivity contribution in [1.29, 1.82) is 0 Å². The van der Waals surface area contributed by atoms with Gasteiger partial charge in [0.25, 0.3) is 0 Å². The number of rotatable bonds is 13. The predicted octanol–water partition coefficient (Wildman–Crippen LogP) is 3.06. The van der Waals surface area contributed by atoms with E-state index in [0.717, 1.165) is 0 Å². The second-order valence-electron chi connectivity index (χ2n) is 6.67. The Balaban J connectivity index is 2.01. The van der Waals surface area contributed by atoms with Crippen molar-refractivity contribution in [2.24, 2.45) is 0 Å². The number of amides is 1. The predicted molar refractivity (Wildman–Crippen MR) is 120 cm³/mol. The van der Waals surface area contributed by atoms with E-state index in [2.05, 4.69) is 14.8 Å². The van der Waals surface area contributed by atoms with Crippen LogP contribution in [0.15, 0.2) is 53.4 Å². The number of alkyl halides is 2. The molecule has 0 spiro atoms. The highest BCUT2D eigenvalue weighted by atomic mass is 32.2. The maximum Gasteiger partial charge on any atom is 0.387 e. The first-order valence-corrected chi connectivity index (χ1v) is 12.6. The minimum absolute atomic E-state index is 0.0757. The van der Waals surface area contributed by atoms with E-state index >= 15 is 0 Å². The van der Waals surface area contributed by atoms with Crippen LogP contribution in [0, 0.1) is 0 Å². The number of nitrogens with one attached hydrogen (secondary N) is 2. The van der Waals surface area contributed by atoms with Crippen molar-refractivity contribution in [2.45, 2.75) is 30.4 Å². The summed E-state index contributed by atoms with van der Waals surface area (Å²) in [5.74, 6) is 0.198. The zero-order valence-electron chi connectivity index (χ0n) is 17.7. The summed E-state index contributed by atoms with van der Waals surface area (Å²) in [6.07, 6.45) is 2.51. The number of ether oxygens (including phenoxy) is 2. The summed E-state index contributed by atoms with van der Waals surface area (Å²) in [5.41, 5.74) is 0.646. The number of thioether (sulfide) groups is 1. The van der Waals surface area contributed by atoms with E-state index in [1.807, 2.05) is 6.26 Å². The highest BCUT2D eigenvalue weighted by Gasteiger charge is 2.25. The molecule has 2 aromatic rings. The Kier molecular flexibility index (Phi) is 10.2. The van der Waals surface area contributed by atoms with Crippen LogP contribution in [0.5, 0.6) is 11.5 Å². The van der Waals surface area contributed by atoms with Crippen LogP contribution in [-0.2, 0) is 21.2 Å². The van der Waals surface area contributed by atoms with Crippen LogP contribution in [0.4, 0.5) is 8.78 Å². The van der Waals surface area contributed by atoms with E-state index in [-0.39, 0.29) is 22.9 Å². The molecule has 32 heavy (non-hydrogen) atoms. The van der Waals surface area contributed by atoms with Gasteiger partial charge in [0.2, 0.25) is 15.9 Å².